The number of nitrogens with zero attached hydrogens (tertiary/aromatic N) is 3. The van der Waals surface area contributed by atoms with Crippen molar-refractivity contribution in [3.05, 3.63) is 35.7 Å². The number of para-hydroxylation sites is 1. The largest absolute Gasteiger partial charge is 0.324 e. The minimum atomic E-state index is -0.140. The Morgan fingerprint density at radius 2 is 1.92 bits per heavy atom. The van der Waals surface area contributed by atoms with Crippen LogP contribution in [0.25, 0.3) is 0 Å². The summed E-state index contributed by atoms with van der Waals surface area (Å²) in [5.74, 6) is 0.0447. The van der Waals surface area contributed by atoms with E-state index in [4.69, 9.17) is 0 Å². The number of aryl methyl sites for hydroxylation is 2. The van der Waals surface area contributed by atoms with Crippen molar-refractivity contribution in [2.24, 2.45) is 0 Å². The number of amides is 1. The molecule has 0 unspecified atom stereocenters. The zero-order valence-electron chi connectivity index (χ0n) is 15.9. The zero-order valence-corrected chi connectivity index (χ0v) is 16.7. The molecule has 2 heterocycles. The highest BCUT2D eigenvalue weighted by Crippen LogP contribution is 2.36. The summed E-state index contributed by atoms with van der Waals surface area (Å²) in [4.78, 5) is 19.5. The highest BCUT2D eigenvalue weighted by atomic mass is 32.2. The van der Waals surface area contributed by atoms with Crippen LogP contribution in [-0.4, -0.2) is 65.2 Å². The fraction of sp³-hybridized carbons (Fsp3) is 0.474. The number of carbonyl (C=O) groups excluding carboxylic acids is 1. The van der Waals surface area contributed by atoms with Crippen molar-refractivity contribution in [1.29, 1.82) is 0 Å². The lowest BCUT2D eigenvalue weighted by Gasteiger charge is -2.35. The number of hydrogen-bond donors (Lipinski definition) is 2. The number of aromatic amines is 1. The predicted molar refractivity (Wildman–Crippen MR) is 106 cm³/mol. The van der Waals surface area contributed by atoms with Gasteiger partial charge < -0.3 is 10.2 Å². The van der Waals surface area contributed by atoms with Crippen LogP contribution in [0, 0.1) is 13.8 Å². The minimum absolute atomic E-state index is 0.0447. The van der Waals surface area contributed by atoms with E-state index in [1.165, 1.54) is 0 Å². The Bertz CT molecular complexity index is 748. The van der Waals surface area contributed by atoms with Gasteiger partial charge >= 0.3 is 0 Å². The quantitative estimate of drug-likeness (QED) is 0.844. The molecule has 0 saturated carbocycles. The molecule has 1 aromatic heterocycles. The molecule has 6 nitrogen and oxygen atoms in total. The molecule has 26 heavy (non-hydrogen) atoms. The Hall–Kier alpha value is -1.83. The van der Waals surface area contributed by atoms with E-state index in [9.17, 15) is 4.79 Å². The maximum Gasteiger partial charge on any atom is 0.241 e. The Kier molecular flexibility index (Phi) is 6.01. The van der Waals surface area contributed by atoms with Gasteiger partial charge in [-0.2, -0.15) is 5.10 Å². The Morgan fingerprint density at radius 3 is 2.58 bits per heavy atom. The van der Waals surface area contributed by atoms with Crippen molar-refractivity contribution in [1.82, 2.24) is 20.0 Å². The predicted octanol–water partition coefficient (Wildman–Crippen LogP) is 2.75. The number of nitrogens with one attached hydrogen (secondary N) is 2. The number of aromatic nitrogens is 2. The third kappa shape index (κ3) is 4.28. The monoisotopic (exact) mass is 373 g/mol. The third-order valence-corrected chi connectivity index (χ3v) is 6.26. The van der Waals surface area contributed by atoms with Crippen LogP contribution in [0.15, 0.2) is 34.1 Å². The van der Waals surface area contributed by atoms with E-state index < -0.39 is 0 Å². The molecule has 1 aliphatic heterocycles. The molecule has 0 aliphatic carbocycles. The second-order valence-electron chi connectivity index (χ2n) is 6.87. The number of H-pyrrole nitrogens is 1. The summed E-state index contributed by atoms with van der Waals surface area (Å²) in [5, 5.41) is 10.4. The van der Waals surface area contributed by atoms with E-state index in [0.29, 0.717) is 0 Å². The van der Waals surface area contributed by atoms with Crippen LogP contribution in [0.2, 0.25) is 0 Å². The average molecular weight is 374 g/mol. The van der Waals surface area contributed by atoms with Gasteiger partial charge in [0.1, 0.15) is 0 Å². The molecule has 2 N–H and O–H groups in total. The van der Waals surface area contributed by atoms with Crippen molar-refractivity contribution >= 4 is 23.4 Å². The summed E-state index contributed by atoms with van der Waals surface area (Å²) in [6.45, 7) is 9.85. The number of anilines is 1. The minimum Gasteiger partial charge on any atom is -0.324 e. The molecule has 0 bridgehead atoms. The van der Waals surface area contributed by atoms with Crippen LogP contribution >= 0.6 is 11.8 Å². The van der Waals surface area contributed by atoms with Crippen molar-refractivity contribution in [3.8, 4) is 0 Å². The molecular formula is C19H27N5OS. The maximum atomic E-state index is 12.8. The number of benzene rings is 1. The molecule has 3 rings (SSSR count). The van der Waals surface area contributed by atoms with Gasteiger partial charge in [0.05, 0.1) is 22.3 Å². The lowest BCUT2D eigenvalue weighted by molar-refractivity contribution is -0.121. The van der Waals surface area contributed by atoms with Gasteiger partial charge in [0.25, 0.3) is 0 Å². The molecule has 1 saturated heterocycles. The van der Waals surface area contributed by atoms with Crippen LogP contribution in [-0.2, 0) is 4.79 Å². The average Bonchev–Trinajstić information content (AvgIpc) is 2.95. The van der Waals surface area contributed by atoms with E-state index in [1.807, 2.05) is 45.0 Å². The summed E-state index contributed by atoms with van der Waals surface area (Å²) < 4.78 is 0. The van der Waals surface area contributed by atoms with E-state index in [1.54, 1.807) is 11.8 Å². The summed E-state index contributed by atoms with van der Waals surface area (Å²) in [7, 11) is 2.12. The van der Waals surface area contributed by atoms with Gasteiger partial charge in [-0.15, -0.1) is 0 Å². The maximum absolute atomic E-state index is 12.8. The first-order chi connectivity index (χ1) is 12.5. The first-order valence-corrected chi connectivity index (χ1v) is 9.79. The van der Waals surface area contributed by atoms with Gasteiger partial charge in [-0.05, 0) is 40.0 Å². The van der Waals surface area contributed by atoms with E-state index >= 15 is 0 Å². The molecule has 140 valence electrons. The zero-order chi connectivity index (χ0) is 18.7. The van der Waals surface area contributed by atoms with Crippen LogP contribution < -0.4 is 5.32 Å². The SMILES string of the molecule is Cc1n[nH]c(C)c1Sc1ccccc1NC(=O)[C@H](C)N1CCN(C)CC1. The third-order valence-electron chi connectivity index (χ3n) is 4.88. The molecule has 1 amide bonds. The molecule has 1 atom stereocenters. The van der Waals surface area contributed by atoms with Crippen molar-refractivity contribution in [2.45, 2.75) is 36.6 Å². The summed E-state index contributed by atoms with van der Waals surface area (Å²) in [6, 6.07) is 7.80. The van der Waals surface area contributed by atoms with Gasteiger partial charge in [-0.1, -0.05) is 23.9 Å². The lowest BCUT2D eigenvalue weighted by atomic mass is 10.2. The highest BCUT2D eigenvalue weighted by molar-refractivity contribution is 7.99. The molecule has 2 aromatic rings. The van der Waals surface area contributed by atoms with Gasteiger partial charge in [0.2, 0.25) is 5.91 Å². The van der Waals surface area contributed by atoms with E-state index in [-0.39, 0.29) is 11.9 Å². The number of rotatable bonds is 5. The van der Waals surface area contributed by atoms with Gasteiger partial charge in [-0.3, -0.25) is 14.8 Å². The van der Waals surface area contributed by atoms with E-state index in [2.05, 4.69) is 32.4 Å². The van der Waals surface area contributed by atoms with Crippen LogP contribution in [0.1, 0.15) is 18.3 Å². The fourth-order valence-corrected chi connectivity index (χ4v) is 4.06. The fourth-order valence-electron chi connectivity index (χ4n) is 3.07. The van der Waals surface area contributed by atoms with Gasteiger partial charge in [0.15, 0.2) is 0 Å². The van der Waals surface area contributed by atoms with Crippen molar-refractivity contribution in [3.63, 3.8) is 0 Å². The second-order valence-corrected chi connectivity index (χ2v) is 7.92. The molecule has 7 heteroatoms. The normalized spacial score (nSPS) is 17.2. The van der Waals surface area contributed by atoms with Gasteiger partial charge in [0, 0.05) is 36.8 Å². The first kappa shape index (κ1) is 18.9. The van der Waals surface area contributed by atoms with Crippen LogP contribution in [0.5, 0.6) is 0 Å². The standard InChI is InChI=1S/C19H27N5OS/c1-13-18(14(2)22-21-13)26-17-8-6-5-7-16(17)20-19(25)15(3)24-11-9-23(4)10-12-24/h5-8,15H,9-12H2,1-4H3,(H,20,25)(H,21,22)/t15-/m0/s1. The molecule has 0 radical (unpaired) electrons. The molecule has 1 aromatic carbocycles. The van der Waals surface area contributed by atoms with Crippen molar-refractivity contribution in [2.75, 3.05) is 38.5 Å². The first-order valence-electron chi connectivity index (χ1n) is 8.97. The summed E-state index contributed by atoms with van der Waals surface area (Å²) >= 11 is 1.63. The van der Waals surface area contributed by atoms with E-state index in [0.717, 1.165) is 53.0 Å². The highest BCUT2D eigenvalue weighted by Gasteiger charge is 2.25. The van der Waals surface area contributed by atoms with Crippen LogP contribution in [0.4, 0.5) is 5.69 Å². The number of hydrogen-bond acceptors (Lipinski definition) is 5. The Balaban J connectivity index is 1.71. The lowest BCUT2D eigenvalue weighted by Crippen LogP contribution is -2.51. The second kappa shape index (κ2) is 8.24. The van der Waals surface area contributed by atoms with Crippen molar-refractivity contribution < 1.29 is 4.79 Å². The topological polar surface area (TPSA) is 64.3 Å². The molecule has 1 aliphatic rings. The smallest absolute Gasteiger partial charge is 0.241 e. The number of likely N-dealkylation sites (N-methyl/N-ethyl adjacent to an activating group) is 1. The summed E-state index contributed by atoms with van der Waals surface area (Å²) in [5.41, 5.74) is 2.86. The molecule has 1 fully saturated rings. The van der Waals surface area contributed by atoms with Crippen LogP contribution in [0.3, 0.4) is 0 Å². The molecular weight excluding hydrogens is 346 g/mol. The van der Waals surface area contributed by atoms with Gasteiger partial charge in [-0.25, -0.2) is 0 Å². The number of carbonyl (C=O) groups is 1. The number of piperazine rings is 1. The Labute approximate surface area is 159 Å². The molecule has 0 spiro atoms. The Morgan fingerprint density at radius 1 is 1.23 bits per heavy atom. The summed E-state index contributed by atoms with van der Waals surface area (Å²) in [6.07, 6.45) is 0.